The molecule has 3 rings (SSSR count). The Morgan fingerprint density at radius 3 is 2.79 bits per heavy atom. The van der Waals surface area contributed by atoms with Crippen LogP contribution in [0, 0.1) is 11.3 Å². The van der Waals surface area contributed by atoms with Crippen molar-refractivity contribution >= 4 is 5.71 Å². The van der Waals surface area contributed by atoms with E-state index in [-0.39, 0.29) is 0 Å². The Kier molecular flexibility index (Phi) is 3.47. The third-order valence-corrected chi connectivity index (χ3v) is 3.64. The molecule has 1 saturated heterocycles. The van der Waals surface area contributed by atoms with Crippen LogP contribution in [-0.4, -0.2) is 29.7 Å². The first kappa shape index (κ1) is 12.2. The minimum atomic E-state index is 0.471. The van der Waals surface area contributed by atoms with Crippen molar-refractivity contribution in [2.24, 2.45) is 5.16 Å². The van der Waals surface area contributed by atoms with Gasteiger partial charge in [-0.1, -0.05) is 17.3 Å². The molecule has 0 aromatic heterocycles. The van der Waals surface area contributed by atoms with Crippen molar-refractivity contribution in [1.29, 1.82) is 5.26 Å². The predicted molar refractivity (Wildman–Crippen MR) is 72.6 cm³/mol. The van der Waals surface area contributed by atoms with Gasteiger partial charge in [0.05, 0.1) is 17.3 Å². The van der Waals surface area contributed by atoms with E-state index in [0.29, 0.717) is 12.2 Å². The van der Waals surface area contributed by atoms with Crippen LogP contribution in [0.2, 0.25) is 0 Å². The largest absolute Gasteiger partial charge is 0.391 e. The highest BCUT2D eigenvalue weighted by Gasteiger charge is 2.32. The van der Waals surface area contributed by atoms with E-state index in [1.807, 2.05) is 12.1 Å². The molecule has 2 aliphatic rings. The molecule has 0 radical (unpaired) electrons. The summed E-state index contributed by atoms with van der Waals surface area (Å²) in [5, 5.41) is 12.9. The minimum Gasteiger partial charge on any atom is -0.391 e. The van der Waals surface area contributed by atoms with Crippen LogP contribution >= 0.6 is 0 Å². The summed E-state index contributed by atoms with van der Waals surface area (Å²) in [7, 11) is 0. The fourth-order valence-electron chi connectivity index (χ4n) is 2.36. The second-order valence-corrected chi connectivity index (χ2v) is 5.19. The zero-order valence-corrected chi connectivity index (χ0v) is 10.9. The summed E-state index contributed by atoms with van der Waals surface area (Å²) in [5.41, 5.74) is 2.87. The summed E-state index contributed by atoms with van der Waals surface area (Å²) in [6.07, 6.45) is 3.72. The van der Waals surface area contributed by atoms with Crippen LogP contribution in [0.3, 0.4) is 0 Å². The number of rotatable bonds is 4. The van der Waals surface area contributed by atoms with Crippen LogP contribution in [0.4, 0.5) is 0 Å². The SMILES string of the molecule is N#Cc1ccc(CON=C2CCN(C3CC3)C2)cc1. The summed E-state index contributed by atoms with van der Waals surface area (Å²) in [4.78, 5) is 7.89. The molecule has 0 bridgehead atoms. The van der Waals surface area contributed by atoms with Gasteiger partial charge in [0, 0.05) is 25.6 Å². The molecule has 1 saturated carbocycles. The molecule has 0 atom stereocenters. The van der Waals surface area contributed by atoms with Gasteiger partial charge in [-0.2, -0.15) is 5.26 Å². The molecule has 2 fully saturated rings. The van der Waals surface area contributed by atoms with Crippen LogP contribution in [-0.2, 0) is 11.4 Å². The van der Waals surface area contributed by atoms with Crippen LogP contribution in [0.25, 0.3) is 0 Å². The third-order valence-electron chi connectivity index (χ3n) is 3.64. The summed E-state index contributed by atoms with van der Waals surface area (Å²) in [6.45, 7) is 2.57. The number of nitriles is 1. The summed E-state index contributed by atoms with van der Waals surface area (Å²) >= 11 is 0. The number of hydrogen-bond acceptors (Lipinski definition) is 4. The molecule has 0 N–H and O–H groups in total. The quantitative estimate of drug-likeness (QED) is 0.776. The first-order valence-electron chi connectivity index (χ1n) is 6.76. The van der Waals surface area contributed by atoms with Gasteiger partial charge in [-0.3, -0.25) is 4.90 Å². The monoisotopic (exact) mass is 255 g/mol. The lowest BCUT2D eigenvalue weighted by molar-refractivity contribution is 0.129. The first-order valence-corrected chi connectivity index (χ1v) is 6.76. The average Bonchev–Trinajstić information content (AvgIpc) is 3.20. The maximum absolute atomic E-state index is 8.72. The molecule has 1 aliphatic heterocycles. The van der Waals surface area contributed by atoms with Crippen LogP contribution in [0.1, 0.15) is 30.4 Å². The average molecular weight is 255 g/mol. The van der Waals surface area contributed by atoms with Gasteiger partial charge in [0.15, 0.2) is 0 Å². The Labute approximate surface area is 113 Å². The van der Waals surface area contributed by atoms with E-state index in [0.717, 1.165) is 36.8 Å². The maximum Gasteiger partial charge on any atom is 0.142 e. The van der Waals surface area contributed by atoms with Gasteiger partial charge >= 0.3 is 0 Å². The molecule has 1 aromatic carbocycles. The lowest BCUT2D eigenvalue weighted by Crippen LogP contribution is -2.22. The van der Waals surface area contributed by atoms with Crippen molar-refractivity contribution < 1.29 is 4.84 Å². The first-order chi connectivity index (χ1) is 9.35. The highest BCUT2D eigenvalue weighted by Crippen LogP contribution is 2.29. The Hall–Kier alpha value is -1.86. The molecule has 0 spiro atoms. The van der Waals surface area contributed by atoms with Gasteiger partial charge < -0.3 is 4.84 Å². The molecule has 4 nitrogen and oxygen atoms in total. The number of nitrogens with zero attached hydrogens (tertiary/aromatic N) is 3. The number of benzene rings is 1. The fraction of sp³-hybridized carbons (Fsp3) is 0.467. The number of likely N-dealkylation sites (tertiary alicyclic amines) is 1. The summed E-state index contributed by atoms with van der Waals surface area (Å²) in [5.74, 6) is 0. The molecule has 1 heterocycles. The van der Waals surface area contributed by atoms with Gasteiger partial charge in [-0.25, -0.2) is 0 Å². The highest BCUT2D eigenvalue weighted by molar-refractivity contribution is 5.87. The molecule has 1 aliphatic carbocycles. The standard InChI is InChI=1S/C15H17N3O/c16-9-12-1-3-13(4-2-12)11-19-17-14-7-8-18(10-14)15-5-6-15/h1-4,15H,5-8,10-11H2. The smallest absolute Gasteiger partial charge is 0.142 e. The Morgan fingerprint density at radius 2 is 2.11 bits per heavy atom. The second kappa shape index (κ2) is 5.41. The number of oxime groups is 1. The molecule has 0 unspecified atom stereocenters. The Bertz CT molecular complexity index is 511. The van der Waals surface area contributed by atoms with Gasteiger partial charge in [0.1, 0.15) is 6.61 Å². The second-order valence-electron chi connectivity index (χ2n) is 5.19. The lowest BCUT2D eigenvalue weighted by atomic mass is 10.2. The molecular weight excluding hydrogens is 238 g/mol. The van der Waals surface area contributed by atoms with Crippen molar-refractivity contribution in [2.45, 2.75) is 31.9 Å². The van der Waals surface area contributed by atoms with Crippen molar-refractivity contribution in [3.8, 4) is 6.07 Å². The normalized spacial score (nSPS) is 21.5. The molecule has 1 aromatic rings. The van der Waals surface area contributed by atoms with Crippen LogP contribution in [0.5, 0.6) is 0 Å². The van der Waals surface area contributed by atoms with E-state index in [1.54, 1.807) is 12.1 Å². The lowest BCUT2D eigenvalue weighted by Gasteiger charge is -2.10. The van der Waals surface area contributed by atoms with E-state index in [1.165, 1.54) is 12.8 Å². The van der Waals surface area contributed by atoms with Crippen molar-refractivity contribution in [1.82, 2.24) is 4.90 Å². The van der Waals surface area contributed by atoms with Gasteiger partial charge in [0.2, 0.25) is 0 Å². The predicted octanol–water partition coefficient (Wildman–Crippen LogP) is 2.30. The molecule has 19 heavy (non-hydrogen) atoms. The van der Waals surface area contributed by atoms with Crippen molar-refractivity contribution in [3.05, 3.63) is 35.4 Å². The Morgan fingerprint density at radius 1 is 1.32 bits per heavy atom. The number of hydrogen-bond donors (Lipinski definition) is 0. The zero-order chi connectivity index (χ0) is 13.1. The fourth-order valence-corrected chi connectivity index (χ4v) is 2.36. The van der Waals surface area contributed by atoms with E-state index >= 15 is 0 Å². The minimum absolute atomic E-state index is 0.471. The molecular formula is C15H17N3O. The van der Waals surface area contributed by atoms with E-state index < -0.39 is 0 Å². The van der Waals surface area contributed by atoms with Gasteiger partial charge in [-0.15, -0.1) is 0 Å². The third kappa shape index (κ3) is 3.12. The molecule has 98 valence electrons. The van der Waals surface area contributed by atoms with Crippen molar-refractivity contribution in [2.75, 3.05) is 13.1 Å². The Balaban J connectivity index is 1.48. The highest BCUT2D eigenvalue weighted by atomic mass is 16.6. The van der Waals surface area contributed by atoms with Crippen LogP contribution < -0.4 is 0 Å². The van der Waals surface area contributed by atoms with E-state index in [4.69, 9.17) is 10.1 Å². The van der Waals surface area contributed by atoms with Gasteiger partial charge in [0.25, 0.3) is 0 Å². The zero-order valence-electron chi connectivity index (χ0n) is 10.9. The molecule has 4 heteroatoms. The maximum atomic E-state index is 8.72. The topological polar surface area (TPSA) is 48.6 Å². The van der Waals surface area contributed by atoms with Crippen LogP contribution in [0.15, 0.2) is 29.4 Å². The summed E-state index contributed by atoms with van der Waals surface area (Å²) < 4.78 is 0. The van der Waals surface area contributed by atoms with Crippen molar-refractivity contribution in [3.63, 3.8) is 0 Å². The van der Waals surface area contributed by atoms with E-state index in [9.17, 15) is 0 Å². The summed E-state index contributed by atoms with van der Waals surface area (Å²) in [6, 6.07) is 10.3. The van der Waals surface area contributed by atoms with Gasteiger partial charge in [-0.05, 0) is 30.5 Å². The van der Waals surface area contributed by atoms with E-state index in [2.05, 4.69) is 16.1 Å². The molecule has 0 amide bonds.